The van der Waals surface area contributed by atoms with Crippen molar-refractivity contribution in [2.24, 2.45) is 0 Å². The van der Waals surface area contributed by atoms with Gasteiger partial charge in [0.05, 0.1) is 0 Å². The fourth-order valence-electron chi connectivity index (χ4n) is 1.64. The highest BCUT2D eigenvalue weighted by Gasteiger charge is 2.27. The zero-order valence-electron chi connectivity index (χ0n) is 11.7. The Morgan fingerprint density at radius 3 is 2.56 bits per heavy atom. The molecule has 0 bridgehead atoms. The van der Waals surface area contributed by atoms with Crippen LogP contribution in [0.3, 0.4) is 0 Å². The predicted molar refractivity (Wildman–Crippen MR) is 75.2 cm³/mol. The Morgan fingerprint density at radius 2 is 2.00 bits per heavy atom. The van der Waals surface area contributed by atoms with Gasteiger partial charge in [-0.05, 0) is 33.9 Å². The molecule has 0 amide bonds. The van der Waals surface area contributed by atoms with Gasteiger partial charge >= 0.3 is 0 Å². The second-order valence-electron chi connectivity index (χ2n) is 5.21. The van der Waals surface area contributed by atoms with Crippen LogP contribution in [0.15, 0.2) is 6.07 Å². The van der Waals surface area contributed by atoms with Crippen molar-refractivity contribution in [2.45, 2.75) is 31.7 Å². The highest BCUT2D eigenvalue weighted by atomic mass is 15.1. The molecule has 0 saturated heterocycles. The largest absolute Gasteiger partial charge is 0.373 e. The topological polar surface area (TPSA) is 53.1 Å². The SMILES string of the molecule is CNc1cc(NCC(C)N(C)C)nc(C2CC2)n1. The molecule has 0 radical (unpaired) electrons. The molecule has 100 valence electrons. The monoisotopic (exact) mass is 249 g/mol. The average Bonchev–Trinajstić information content (AvgIpc) is 3.19. The van der Waals surface area contributed by atoms with Crippen LogP contribution in [-0.4, -0.2) is 48.6 Å². The minimum absolute atomic E-state index is 0.474. The Morgan fingerprint density at radius 1 is 1.33 bits per heavy atom. The molecular formula is C13H23N5. The van der Waals surface area contributed by atoms with Crippen molar-refractivity contribution in [3.05, 3.63) is 11.9 Å². The Bertz CT molecular complexity index is 400. The molecule has 2 N–H and O–H groups in total. The average molecular weight is 249 g/mol. The number of hydrogen-bond donors (Lipinski definition) is 2. The molecule has 1 atom stereocenters. The van der Waals surface area contributed by atoms with Crippen molar-refractivity contribution in [1.29, 1.82) is 0 Å². The van der Waals surface area contributed by atoms with Gasteiger partial charge in [-0.3, -0.25) is 0 Å². The number of hydrogen-bond acceptors (Lipinski definition) is 5. The van der Waals surface area contributed by atoms with E-state index < -0.39 is 0 Å². The lowest BCUT2D eigenvalue weighted by molar-refractivity contribution is 0.326. The lowest BCUT2D eigenvalue weighted by Crippen LogP contribution is -2.31. The molecule has 1 saturated carbocycles. The van der Waals surface area contributed by atoms with Crippen LogP contribution in [0.4, 0.5) is 11.6 Å². The Labute approximate surface area is 109 Å². The highest BCUT2D eigenvalue weighted by Crippen LogP contribution is 2.38. The fraction of sp³-hybridized carbons (Fsp3) is 0.692. The number of anilines is 2. The molecule has 5 heteroatoms. The lowest BCUT2D eigenvalue weighted by Gasteiger charge is -2.20. The summed E-state index contributed by atoms with van der Waals surface area (Å²) in [5, 5.41) is 6.49. The molecule has 1 aromatic heterocycles. The van der Waals surface area contributed by atoms with E-state index in [4.69, 9.17) is 0 Å². The maximum absolute atomic E-state index is 4.59. The minimum Gasteiger partial charge on any atom is -0.373 e. The normalized spacial score (nSPS) is 16.7. The highest BCUT2D eigenvalue weighted by molar-refractivity contribution is 5.47. The maximum atomic E-state index is 4.59. The Hall–Kier alpha value is -1.36. The summed E-state index contributed by atoms with van der Waals surface area (Å²) >= 11 is 0. The van der Waals surface area contributed by atoms with E-state index in [0.29, 0.717) is 12.0 Å². The zero-order valence-corrected chi connectivity index (χ0v) is 11.7. The summed E-state index contributed by atoms with van der Waals surface area (Å²) in [7, 11) is 6.06. The van der Waals surface area contributed by atoms with Gasteiger partial charge in [-0.1, -0.05) is 0 Å². The molecule has 0 spiro atoms. The minimum atomic E-state index is 0.474. The molecule has 1 aliphatic rings. The molecular weight excluding hydrogens is 226 g/mol. The summed E-state index contributed by atoms with van der Waals surface area (Å²) in [6.45, 7) is 3.08. The first-order chi connectivity index (χ1) is 8.60. The van der Waals surface area contributed by atoms with Crippen LogP contribution in [0.25, 0.3) is 0 Å². The summed E-state index contributed by atoms with van der Waals surface area (Å²) in [6, 6.07) is 2.44. The molecule has 0 aliphatic heterocycles. The first kappa shape index (κ1) is 13.1. The van der Waals surface area contributed by atoms with E-state index in [-0.39, 0.29) is 0 Å². The molecule has 1 aliphatic carbocycles. The third-order valence-corrected chi connectivity index (χ3v) is 3.40. The number of rotatable bonds is 6. The van der Waals surface area contributed by atoms with Crippen LogP contribution in [-0.2, 0) is 0 Å². The van der Waals surface area contributed by atoms with E-state index in [1.807, 2.05) is 13.1 Å². The van der Waals surface area contributed by atoms with Crippen LogP contribution >= 0.6 is 0 Å². The van der Waals surface area contributed by atoms with Crippen LogP contribution in [0.1, 0.15) is 31.5 Å². The van der Waals surface area contributed by atoms with Gasteiger partial charge in [0.2, 0.25) is 0 Å². The van der Waals surface area contributed by atoms with Crippen LogP contribution < -0.4 is 10.6 Å². The number of likely N-dealkylation sites (N-methyl/N-ethyl adjacent to an activating group) is 1. The molecule has 0 aromatic carbocycles. The zero-order chi connectivity index (χ0) is 13.1. The van der Waals surface area contributed by atoms with Gasteiger partial charge in [0.1, 0.15) is 17.5 Å². The number of nitrogens with zero attached hydrogens (tertiary/aromatic N) is 3. The van der Waals surface area contributed by atoms with E-state index in [9.17, 15) is 0 Å². The van der Waals surface area contributed by atoms with Crippen molar-refractivity contribution in [3.8, 4) is 0 Å². The smallest absolute Gasteiger partial charge is 0.136 e. The Balaban J connectivity index is 2.04. The molecule has 2 rings (SSSR count). The van der Waals surface area contributed by atoms with E-state index in [1.54, 1.807) is 0 Å². The first-order valence-electron chi connectivity index (χ1n) is 6.57. The van der Waals surface area contributed by atoms with Crippen LogP contribution in [0.5, 0.6) is 0 Å². The van der Waals surface area contributed by atoms with E-state index in [1.165, 1.54) is 12.8 Å². The molecule has 1 fully saturated rings. The summed E-state index contributed by atoms with van der Waals surface area (Å²) in [4.78, 5) is 11.3. The van der Waals surface area contributed by atoms with Crippen LogP contribution in [0.2, 0.25) is 0 Å². The van der Waals surface area contributed by atoms with Crippen molar-refractivity contribution >= 4 is 11.6 Å². The van der Waals surface area contributed by atoms with Crippen LogP contribution in [0, 0.1) is 0 Å². The van der Waals surface area contributed by atoms with Gasteiger partial charge < -0.3 is 15.5 Å². The van der Waals surface area contributed by atoms with Crippen molar-refractivity contribution < 1.29 is 0 Å². The summed E-state index contributed by atoms with van der Waals surface area (Å²) < 4.78 is 0. The molecule has 1 aromatic rings. The third kappa shape index (κ3) is 3.32. The summed E-state index contributed by atoms with van der Waals surface area (Å²) in [5.41, 5.74) is 0. The number of nitrogens with one attached hydrogen (secondary N) is 2. The quantitative estimate of drug-likeness (QED) is 0.804. The van der Waals surface area contributed by atoms with Gasteiger partial charge in [0.25, 0.3) is 0 Å². The standard InChI is InChI=1S/C13H23N5/c1-9(18(3)4)8-15-12-7-11(14-2)16-13(17-12)10-5-6-10/h7,9-10H,5-6,8H2,1-4H3,(H2,14,15,16,17). The predicted octanol–water partition coefficient (Wildman–Crippen LogP) is 1.76. The van der Waals surface area contributed by atoms with Gasteiger partial charge in [0.15, 0.2) is 0 Å². The first-order valence-corrected chi connectivity index (χ1v) is 6.57. The van der Waals surface area contributed by atoms with Crippen molar-refractivity contribution in [3.63, 3.8) is 0 Å². The molecule has 18 heavy (non-hydrogen) atoms. The van der Waals surface area contributed by atoms with E-state index in [0.717, 1.165) is 24.0 Å². The van der Waals surface area contributed by atoms with Gasteiger partial charge in [-0.25, -0.2) is 9.97 Å². The molecule has 1 heterocycles. The maximum Gasteiger partial charge on any atom is 0.136 e. The molecule has 1 unspecified atom stereocenters. The summed E-state index contributed by atoms with van der Waals surface area (Å²) in [5.74, 6) is 3.36. The second-order valence-corrected chi connectivity index (χ2v) is 5.21. The fourth-order valence-corrected chi connectivity index (χ4v) is 1.64. The lowest BCUT2D eigenvalue weighted by atomic mass is 10.3. The third-order valence-electron chi connectivity index (χ3n) is 3.40. The van der Waals surface area contributed by atoms with E-state index >= 15 is 0 Å². The second kappa shape index (κ2) is 5.52. The van der Waals surface area contributed by atoms with Gasteiger partial charge in [-0.2, -0.15) is 0 Å². The van der Waals surface area contributed by atoms with E-state index in [2.05, 4.69) is 46.5 Å². The number of aromatic nitrogens is 2. The van der Waals surface area contributed by atoms with Gasteiger partial charge in [0, 0.05) is 31.6 Å². The van der Waals surface area contributed by atoms with Gasteiger partial charge in [-0.15, -0.1) is 0 Å². The summed E-state index contributed by atoms with van der Waals surface area (Å²) in [6.07, 6.45) is 2.45. The van der Waals surface area contributed by atoms with Crippen molar-refractivity contribution in [1.82, 2.24) is 14.9 Å². The van der Waals surface area contributed by atoms with Crippen molar-refractivity contribution in [2.75, 3.05) is 38.3 Å². The molecule has 5 nitrogen and oxygen atoms in total. The Kier molecular flexibility index (Phi) is 4.01.